The molecular weight excluding hydrogens is 641 g/mol. The number of aryl methyl sites for hydroxylation is 1. The minimum Gasteiger partial charge on any atom is -0.461 e. The van der Waals surface area contributed by atoms with Crippen molar-refractivity contribution < 1.29 is 35.5 Å². The summed E-state index contributed by atoms with van der Waals surface area (Å²) in [6, 6.07) is 1.60. The van der Waals surface area contributed by atoms with E-state index in [4.69, 9.17) is 15.5 Å². The van der Waals surface area contributed by atoms with Gasteiger partial charge in [0.1, 0.15) is 23.8 Å². The van der Waals surface area contributed by atoms with Crippen LogP contribution in [0.4, 0.5) is 42.2 Å². The summed E-state index contributed by atoms with van der Waals surface area (Å²) in [7, 11) is 0. The molecule has 5 aliphatic heterocycles. The topological polar surface area (TPSA) is 79.5 Å². The van der Waals surface area contributed by atoms with Crippen LogP contribution in [0, 0.1) is 18.6 Å². The van der Waals surface area contributed by atoms with Crippen molar-refractivity contribution in [2.24, 2.45) is 0 Å². The van der Waals surface area contributed by atoms with Gasteiger partial charge in [-0.2, -0.15) is 31.9 Å². The molecule has 2 aromatic carbocycles. The normalized spacial score (nSPS) is 26.7. The Kier molecular flexibility index (Phi) is 7.05. The largest absolute Gasteiger partial charge is 0.461 e. The summed E-state index contributed by atoms with van der Waals surface area (Å²) in [5, 5.41) is 3.59. The molecule has 0 spiro atoms. The molecule has 254 valence electrons. The molecule has 0 radical (unpaired) electrons. The van der Waals surface area contributed by atoms with Gasteiger partial charge < -0.3 is 20.7 Å². The van der Waals surface area contributed by atoms with Gasteiger partial charge in [0.05, 0.1) is 22.1 Å². The number of aromatic nitrogens is 2. The lowest BCUT2D eigenvalue weighted by Crippen LogP contribution is -2.58. The average molecular weight is 675 g/mol. The molecule has 3 N–H and O–H groups in total. The van der Waals surface area contributed by atoms with E-state index < -0.39 is 51.6 Å². The van der Waals surface area contributed by atoms with Crippen LogP contribution in [-0.2, 0) is 6.18 Å². The number of nitrogens with two attached hydrogens (primary N) is 1. The van der Waals surface area contributed by atoms with Gasteiger partial charge in [-0.1, -0.05) is 6.58 Å². The lowest BCUT2D eigenvalue weighted by atomic mass is 9.88. The number of nitrogens with one attached hydrogen (secondary N) is 1. The maximum atomic E-state index is 16.9. The molecule has 14 heteroatoms. The summed E-state index contributed by atoms with van der Waals surface area (Å²) < 4.78 is 111. The van der Waals surface area contributed by atoms with E-state index in [2.05, 4.69) is 16.9 Å². The molecule has 0 amide bonds. The number of hydrogen-bond acceptors (Lipinski definition) is 7. The summed E-state index contributed by atoms with van der Waals surface area (Å²) in [4.78, 5) is 13.0. The minimum absolute atomic E-state index is 0.00444. The second-order valence-corrected chi connectivity index (χ2v) is 13.8. The van der Waals surface area contributed by atoms with Crippen LogP contribution in [0.15, 0.2) is 30.4 Å². The molecule has 5 aliphatic rings. The van der Waals surface area contributed by atoms with Gasteiger partial charge in [0.2, 0.25) is 0 Å². The van der Waals surface area contributed by atoms with E-state index >= 15 is 8.78 Å². The van der Waals surface area contributed by atoms with E-state index in [9.17, 15) is 22.0 Å². The first-order valence-corrected chi connectivity index (χ1v) is 16.1. The Morgan fingerprint density at radius 3 is 2.69 bits per heavy atom. The molecule has 0 unspecified atom stereocenters. The molecule has 3 aromatic rings. The highest BCUT2D eigenvalue weighted by Gasteiger charge is 2.49. The Morgan fingerprint density at radius 1 is 1.15 bits per heavy atom. The van der Waals surface area contributed by atoms with Gasteiger partial charge in [0.15, 0.2) is 5.82 Å². The van der Waals surface area contributed by atoms with Crippen molar-refractivity contribution in [3.05, 3.63) is 58.7 Å². The number of rotatable bonds is 4. The second-order valence-electron chi connectivity index (χ2n) is 13.8. The lowest BCUT2D eigenvalue weighted by Gasteiger charge is -2.41. The predicted molar refractivity (Wildman–Crippen MR) is 167 cm³/mol. The molecule has 1 aromatic heterocycles. The zero-order valence-electron chi connectivity index (χ0n) is 26.1. The Bertz CT molecular complexity index is 1920. The highest BCUT2D eigenvalue weighted by molar-refractivity contribution is 6.04. The first kappa shape index (κ1) is 31.4. The summed E-state index contributed by atoms with van der Waals surface area (Å²) in [6.07, 6.45) is -3.22. The van der Waals surface area contributed by atoms with Crippen LogP contribution in [0.5, 0.6) is 6.01 Å². The van der Waals surface area contributed by atoms with Crippen LogP contribution in [0.2, 0.25) is 0 Å². The second kappa shape index (κ2) is 10.8. The Balaban J connectivity index is 1.35. The molecule has 7 nitrogen and oxygen atoms in total. The molecular formula is C34H33F7N6O. The number of halogens is 7. The highest BCUT2D eigenvalue weighted by Crippen LogP contribution is 2.50. The van der Waals surface area contributed by atoms with Crippen LogP contribution in [0.3, 0.4) is 0 Å². The Labute approximate surface area is 271 Å². The van der Waals surface area contributed by atoms with Crippen molar-refractivity contribution in [2.75, 3.05) is 36.9 Å². The fraction of sp³-hybridized carbons (Fsp3) is 0.471. The maximum Gasteiger partial charge on any atom is 0.417 e. The van der Waals surface area contributed by atoms with Gasteiger partial charge in [-0.15, -0.1) is 0 Å². The number of hydrogen-bond donors (Lipinski definition) is 2. The number of nitrogen functional groups attached to an aromatic ring is 1. The third-order valence-corrected chi connectivity index (χ3v) is 10.9. The van der Waals surface area contributed by atoms with Gasteiger partial charge in [-0.25, -0.2) is 8.78 Å². The van der Waals surface area contributed by atoms with Crippen LogP contribution in [-0.4, -0.2) is 64.8 Å². The predicted octanol–water partition coefficient (Wildman–Crippen LogP) is 6.98. The Morgan fingerprint density at radius 2 is 1.94 bits per heavy atom. The molecule has 6 heterocycles. The molecule has 0 aliphatic carbocycles. The number of alkyl halides is 3. The Hall–Kier alpha value is -3.91. The fourth-order valence-corrected chi connectivity index (χ4v) is 8.90. The van der Waals surface area contributed by atoms with Gasteiger partial charge in [0, 0.05) is 53.6 Å². The number of nitrogens with zero attached hydrogens (tertiary/aromatic N) is 4. The van der Waals surface area contributed by atoms with Gasteiger partial charge in [-0.05, 0) is 75.3 Å². The third-order valence-electron chi connectivity index (χ3n) is 10.9. The maximum absolute atomic E-state index is 16.9. The van der Waals surface area contributed by atoms with Crippen molar-refractivity contribution in [2.45, 2.75) is 75.3 Å². The van der Waals surface area contributed by atoms with E-state index in [0.717, 1.165) is 31.4 Å². The standard InChI is InChI=1S/C34H33F7N6O/c1-15-9-22-21-5-4-19(43-21)13-47(22)31-25-23(15)27(35)24(20-10-18(42)8-16(2)26(20)34(39,40)41)28(36)29(25)44-32(45-31)48-14-33-6-3-7-46(33)12-17(11-33)30(37)38/h8,10,19,21-22,43H,1,3-7,9,11-14,42H2,2H3/t19-,21+,22-,33+/m1/s1. The first-order valence-electron chi connectivity index (χ1n) is 16.1. The van der Waals surface area contributed by atoms with Gasteiger partial charge in [-0.3, -0.25) is 4.90 Å². The van der Waals surface area contributed by atoms with Crippen LogP contribution >= 0.6 is 0 Å². The fourth-order valence-electron chi connectivity index (χ4n) is 8.90. The van der Waals surface area contributed by atoms with Gasteiger partial charge >= 0.3 is 12.2 Å². The molecule has 4 atom stereocenters. The molecule has 4 saturated heterocycles. The van der Waals surface area contributed by atoms with Crippen molar-refractivity contribution >= 4 is 28.0 Å². The molecule has 4 fully saturated rings. The quantitative estimate of drug-likeness (QED) is 0.229. The molecule has 2 bridgehead atoms. The van der Waals surface area contributed by atoms with Crippen molar-refractivity contribution in [1.29, 1.82) is 0 Å². The number of benzene rings is 2. The van der Waals surface area contributed by atoms with Crippen LogP contribution in [0.25, 0.3) is 27.6 Å². The minimum atomic E-state index is -4.96. The van der Waals surface area contributed by atoms with E-state index in [1.807, 2.05) is 9.80 Å². The number of fused-ring (bicyclic) bond motifs is 6. The monoisotopic (exact) mass is 674 g/mol. The summed E-state index contributed by atoms with van der Waals surface area (Å²) in [6.45, 7) is 6.47. The van der Waals surface area contributed by atoms with Crippen molar-refractivity contribution in [3.8, 4) is 17.1 Å². The van der Waals surface area contributed by atoms with E-state index in [0.29, 0.717) is 19.5 Å². The SMILES string of the molecule is C=C1C[C@@H]2[C@@H]3CC[C@H](CN2c2nc(OC[C@@]45CCCN4CC(=C(F)F)C5)nc4c(F)c(-c5cc(N)cc(C)c5C(F)(F)F)c(F)c1c24)N3. The highest BCUT2D eigenvalue weighted by atomic mass is 19.4. The van der Waals surface area contributed by atoms with Crippen LogP contribution < -0.4 is 20.7 Å². The zero-order chi connectivity index (χ0) is 33.9. The van der Waals surface area contributed by atoms with Crippen molar-refractivity contribution in [1.82, 2.24) is 20.2 Å². The third kappa shape index (κ3) is 4.69. The van der Waals surface area contributed by atoms with E-state index in [1.165, 1.54) is 6.92 Å². The molecule has 8 rings (SSSR count). The number of anilines is 2. The first-order chi connectivity index (χ1) is 22.8. The van der Waals surface area contributed by atoms with Crippen molar-refractivity contribution in [3.63, 3.8) is 0 Å². The molecule has 48 heavy (non-hydrogen) atoms. The van der Waals surface area contributed by atoms with Gasteiger partial charge in [0.25, 0.3) is 6.08 Å². The number of piperazine rings is 1. The summed E-state index contributed by atoms with van der Waals surface area (Å²) in [5.41, 5.74) is 1.72. The molecule has 0 saturated carbocycles. The lowest BCUT2D eigenvalue weighted by molar-refractivity contribution is -0.137. The number of ether oxygens (including phenoxy) is 1. The summed E-state index contributed by atoms with van der Waals surface area (Å²) >= 11 is 0. The van der Waals surface area contributed by atoms with E-state index in [1.54, 1.807) is 0 Å². The zero-order valence-corrected chi connectivity index (χ0v) is 26.1. The van der Waals surface area contributed by atoms with Crippen LogP contribution in [0.1, 0.15) is 55.2 Å². The summed E-state index contributed by atoms with van der Waals surface area (Å²) in [5.74, 6) is -2.30. The van der Waals surface area contributed by atoms with E-state index in [-0.39, 0.29) is 89.3 Å². The average Bonchev–Trinajstić information content (AvgIpc) is 3.67. The smallest absolute Gasteiger partial charge is 0.417 e.